The molecule has 3 N–H and O–H groups in total. The zero-order chi connectivity index (χ0) is 13.4. The van der Waals surface area contributed by atoms with Gasteiger partial charge < -0.3 is 15.7 Å². The number of carbonyl (C=O) groups excluding carboxylic acids is 1. The zero-order valence-corrected chi connectivity index (χ0v) is 11.1. The minimum absolute atomic E-state index is 0.0545. The number of unbranched alkanes of at least 4 members (excludes halogenated alkanes) is 5. The first kappa shape index (κ1) is 14.8. The van der Waals surface area contributed by atoms with Crippen molar-refractivity contribution in [1.82, 2.24) is 10.6 Å². The molecular formula is C13H24N2O3. The molecule has 0 radical (unpaired) electrons. The van der Waals surface area contributed by atoms with Crippen LogP contribution >= 0.6 is 0 Å². The van der Waals surface area contributed by atoms with E-state index in [1.807, 2.05) is 6.92 Å². The van der Waals surface area contributed by atoms with Crippen LogP contribution in [0.4, 0.5) is 4.79 Å². The van der Waals surface area contributed by atoms with Crippen molar-refractivity contribution in [3.8, 4) is 0 Å². The van der Waals surface area contributed by atoms with Gasteiger partial charge in [0.2, 0.25) is 0 Å². The molecule has 0 spiro atoms. The minimum atomic E-state index is -0.700. The fourth-order valence-corrected chi connectivity index (χ4v) is 2.31. The SMILES string of the molecule is CC1NC(=O)NC1CCCCCCCCC(=O)O. The van der Waals surface area contributed by atoms with Gasteiger partial charge in [-0.25, -0.2) is 4.79 Å². The van der Waals surface area contributed by atoms with Crippen molar-refractivity contribution in [2.75, 3.05) is 0 Å². The number of hydrogen-bond donors (Lipinski definition) is 3. The predicted octanol–water partition coefficient (Wildman–Crippen LogP) is 2.26. The van der Waals surface area contributed by atoms with Crippen LogP contribution in [0.3, 0.4) is 0 Å². The Morgan fingerprint density at radius 3 is 2.28 bits per heavy atom. The van der Waals surface area contributed by atoms with E-state index in [0.29, 0.717) is 0 Å². The lowest BCUT2D eigenvalue weighted by Crippen LogP contribution is -2.30. The molecule has 2 unspecified atom stereocenters. The van der Waals surface area contributed by atoms with Gasteiger partial charge in [0, 0.05) is 12.5 Å². The van der Waals surface area contributed by atoms with Gasteiger partial charge in [-0.2, -0.15) is 0 Å². The van der Waals surface area contributed by atoms with Crippen molar-refractivity contribution < 1.29 is 14.7 Å². The zero-order valence-electron chi connectivity index (χ0n) is 11.1. The third-order valence-corrected chi connectivity index (χ3v) is 3.43. The molecule has 1 aliphatic heterocycles. The van der Waals surface area contributed by atoms with E-state index >= 15 is 0 Å². The Balaban J connectivity index is 1.90. The van der Waals surface area contributed by atoms with Crippen molar-refractivity contribution in [2.45, 2.75) is 70.4 Å². The molecule has 0 aliphatic carbocycles. The summed E-state index contributed by atoms with van der Waals surface area (Å²) in [5, 5.41) is 14.2. The van der Waals surface area contributed by atoms with E-state index in [9.17, 15) is 9.59 Å². The Labute approximate surface area is 108 Å². The highest BCUT2D eigenvalue weighted by atomic mass is 16.4. The minimum Gasteiger partial charge on any atom is -0.481 e. The van der Waals surface area contributed by atoms with E-state index in [1.165, 1.54) is 0 Å². The van der Waals surface area contributed by atoms with Crippen molar-refractivity contribution in [3.63, 3.8) is 0 Å². The maximum Gasteiger partial charge on any atom is 0.315 e. The predicted molar refractivity (Wildman–Crippen MR) is 69.5 cm³/mol. The molecule has 2 amide bonds. The van der Waals surface area contributed by atoms with E-state index in [-0.39, 0.29) is 24.5 Å². The Kier molecular flexibility index (Phi) is 6.54. The quantitative estimate of drug-likeness (QED) is 0.554. The molecule has 1 aliphatic rings. The fraction of sp³-hybridized carbons (Fsp3) is 0.846. The molecular weight excluding hydrogens is 232 g/mol. The van der Waals surface area contributed by atoms with Gasteiger partial charge in [0.1, 0.15) is 0 Å². The summed E-state index contributed by atoms with van der Waals surface area (Å²) in [6.07, 6.45) is 7.65. The van der Waals surface area contributed by atoms with Crippen molar-refractivity contribution in [1.29, 1.82) is 0 Å². The van der Waals surface area contributed by atoms with Crippen LogP contribution in [0.2, 0.25) is 0 Å². The highest BCUT2D eigenvalue weighted by Crippen LogP contribution is 2.13. The summed E-state index contributed by atoms with van der Waals surface area (Å²) in [6.45, 7) is 2.02. The molecule has 5 heteroatoms. The Hall–Kier alpha value is -1.26. The molecule has 1 fully saturated rings. The van der Waals surface area contributed by atoms with Crippen molar-refractivity contribution >= 4 is 12.0 Å². The fourth-order valence-electron chi connectivity index (χ4n) is 2.31. The Morgan fingerprint density at radius 1 is 1.11 bits per heavy atom. The standard InChI is InChI=1S/C13H24N2O3/c1-10-11(15-13(18)14-10)8-6-4-2-3-5-7-9-12(16)17/h10-11H,2-9H2,1H3,(H,16,17)(H2,14,15,18). The van der Waals surface area contributed by atoms with Gasteiger partial charge in [-0.3, -0.25) is 4.79 Å². The molecule has 0 bridgehead atoms. The lowest BCUT2D eigenvalue weighted by molar-refractivity contribution is -0.137. The average Bonchev–Trinajstić information content (AvgIpc) is 2.61. The van der Waals surface area contributed by atoms with E-state index < -0.39 is 5.97 Å². The monoisotopic (exact) mass is 256 g/mol. The van der Waals surface area contributed by atoms with Crippen LogP contribution in [0.5, 0.6) is 0 Å². The normalized spacial score (nSPS) is 22.6. The van der Waals surface area contributed by atoms with Gasteiger partial charge in [0.15, 0.2) is 0 Å². The summed E-state index contributed by atoms with van der Waals surface area (Å²) in [4.78, 5) is 21.4. The number of carboxylic acids is 1. The van der Waals surface area contributed by atoms with Crippen molar-refractivity contribution in [2.24, 2.45) is 0 Å². The van der Waals surface area contributed by atoms with E-state index in [0.717, 1.165) is 44.9 Å². The van der Waals surface area contributed by atoms with Gasteiger partial charge in [-0.05, 0) is 19.8 Å². The van der Waals surface area contributed by atoms with Crippen molar-refractivity contribution in [3.05, 3.63) is 0 Å². The largest absolute Gasteiger partial charge is 0.481 e. The summed E-state index contributed by atoms with van der Waals surface area (Å²) >= 11 is 0. The molecule has 2 atom stereocenters. The first-order valence-electron chi connectivity index (χ1n) is 6.88. The first-order chi connectivity index (χ1) is 8.59. The number of amides is 2. The average molecular weight is 256 g/mol. The van der Waals surface area contributed by atoms with E-state index in [1.54, 1.807) is 0 Å². The van der Waals surface area contributed by atoms with Gasteiger partial charge in [0.05, 0.1) is 6.04 Å². The summed E-state index contributed by atoms with van der Waals surface area (Å²) in [6, 6.07) is 0.443. The number of hydrogen-bond acceptors (Lipinski definition) is 2. The van der Waals surface area contributed by atoms with Crippen LogP contribution in [0.1, 0.15) is 58.3 Å². The second-order valence-electron chi connectivity index (χ2n) is 5.07. The maximum atomic E-state index is 11.1. The van der Waals surface area contributed by atoms with Gasteiger partial charge >= 0.3 is 12.0 Å². The molecule has 18 heavy (non-hydrogen) atoms. The smallest absolute Gasteiger partial charge is 0.315 e. The van der Waals surface area contributed by atoms with Gasteiger partial charge in [-0.15, -0.1) is 0 Å². The number of nitrogens with one attached hydrogen (secondary N) is 2. The maximum absolute atomic E-state index is 11.1. The summed E-state index contributed by atoms with van der Waals surface area (Å²) < 4.78 is 0. The number of carboxylic acid groups (broad SMARTS) is 1. The Bertz CT molecular complexity index is 281. The highest BCUT2D eigenvalue weighted by Gasteiger charge is 2.26. The highest BCUT2D eigenvalue weighted by molar-refractivity contribution is 5.77. The molecule has 5 nitrogen and oxygen atoms in total. The second kappa shape index (κ2) is 7.95. The summed E-state index contributed by atoms with van der Waals surface area (Å²) in [5.74, 6) is -0.700. The molecule has 1 rings (SSSR count). The van der Waals surface area contributed by atoms with Crippen LogP contribution < -0.4 is 10.6 Å². The third kappa shape index (κ3) is 5.89. The van der Waals surface area contributed by atoms with Crippen LogP contribution in [0.25, 0.3) is 0 Å². The van der Waals surface area contributed by atoms with Crippen LogP contribution in [-0.4, -0.2) is 29.2 Å². The van der Waals surface area contributed by atoms with Crippen LogP contribution in [0, 0.1) is 0 Å². The number of urea groups is 1. The number of aliphatic carboxylic acids is 1. The number of rotatable bonds is 9. The second-order valence-corrected chi connectivity index (χ2v) is 5.07. The van der Waals surface area contributed by atoms with E-state index in [2.05, 4.69) is 10.6 Å². The Morgan fingerprint density at radius 2 is 1.72 bits per heavy atom. The molecule has 0 aromatic heterocycles. The van der Waals surface area contributed by atoms with Gasteiger partial charge in [0.25, 0.3) is 0 Å². The summed E-state index contributed by atoms with van der Waals surface area (Å²) in [7, 11) is 0. The van der Waals surface area contributed by atoms with Gasteiger partial charge in [-0.1, -0.05) is 32.1 Å². The molecule has 0 saturated carbocycles. The summed E-state index contributed by atoms with van der Waals surface area (Å²) in [5.41, 5.74) is 0. The first-order valence-corrected chi connectivity index (χ1v) is 6.88. The lowest BCUT2D eigenvalue weighted by atomic mass is 10.0. The molecule has 1 saturated heterocycles. The van der Waals surface area contributed by atoms with Crippen LogP contribution in [0.15, 0.2) is 0 Å². The molecule has 0 aromatic carbocycles. The lowest BCUT2D eigenvalue weighted by Gasteiger charge is -2.13. The topological polar surface area (TPSA) is 78.4 Å². The molecule has 0 aromatic rings. The third-order valence-electron chi connectivity index (χ3n) is 3.43. The van der Waals surface area contributed by atoms with E-state index in [4.69, 9.17) is 5.11 Å². The molecule has 1 heterocycles. The number of carbonyl (C=O) groups is 2. The van der Waals surface area contributed by atoms with Crippen LogP contribution in [-0.2, 0) is 4.79 Å². The molecule has 104 valence electrons.